The minimum Gasteiger partial charge on any atom is -0.491 e. The Hall–Kier alpha value is -3.02. The predicted octanol–water partition coefficient (Wildman–Crippen LogP) is 2.95. The molecule has 144 valence electrons. The number of ether oxygens (including phenoxy) is 1. The van der Waals surface area contributed by atoms with Crippen molar-refractivity contribution in [3.05, 3.63) is 59.7 Å². The molecule has 2 rings (SSSR count). The van der Waals surface area contributed by atoms with Crippen molar-refractivity contribution in [3.63, 3.8) is 0 Å². The van der Waals surface area contributed by atoms with Crippen LogP contribution in [-0.4, -0.2) is 31.0 Å². The van der Waals surface area contributed by atoms with E-state index in [2.05, 4.69) is 16.0 Å². The molecular formula is C21H27N3O3. The summed E-state index contributed by atoms with van der Waals surface area (Å²) >= 11 is 0. The van der Waals surface area contributed by atoms with Gasteiger partial charge in [0, 0.05) is 24.3 Å². The van der Waals surface area contributed by atoms with Crippen molar-refractivity contribution in [2.45, 2.75) is 33.4 Å². The summed E-state index contributed by atoms with van der Waals surface area (Å²) in [6, 6.07) is 14.7. The van der Waals surface area contributed by atoms with E-state index in [1.807, 2.05) is 45.0 Å². The smallest absolute Gasteiger partial charge is 0.251 e. The topological polar surface area (TPSA) is 79.5 Å². The summed E-state index contributed by atoms with van der Waals surface area (Å²) in [5.74, 6) is 0.606. The fraction of sp³-hybridized carbons (Fsp3) is 0.333. The van der Waals surface area contributed by atoms with Crippen molar-refractivity contribution in [1.29, 1.82) is 0 Å². The van der Waals surface area contributed by atoms with Gasteiger partial charge in [-0.3, -0.25) is 9.59 Å². The Labute approximate surface area is 160 Å². The molecule has 6 nitrogen and oxygen atoms in total. The van der Waals surface area contributed by atoms with Gasteiger partial charge in [0.1, 0.15) is 5.75 Å². The molecule has 27 heavy (non-hydrogen) atoms. The van der Waals surface area contributed by atoms with Crippen LogP contribution >= 0.6 is 0 Å². The highest BCUT2D eigenvalue weighted by Crippen LogP contribution is 2.13. The Morgan fingerprint density at radius 2 is 1.63 bits per heavy atom. The monoisotopic (exact) mass is 369 g/mol. The number of nitrogens with one attached hydrogen (secondary N) is 3. The molecule has 3 N–H and O–H groups in total. The second-order valence-corrected chi connectivity index (χ2v) is 6.38. The van der Waals surface area contributed by atoms with E-state index in [-0.39, 0.29) is 24.5 Å². The summed E-state index contributed by atoms with van der Waals surface area (Å²) in [5.41, 5.74) is 2.39. The maximum Gasteiger partial charge on any atom is 0.251 e. The largest absolute Gasteiger partial charge is 0.491 e. The van der Waals surface area contributed by atoms with Crippen LogP contribution in [0.25, 0.3) is 0 Å². The summed E-state index contributed by atoms with van der Waals surface area (Å²) in [6.45, 7) is 7.05. The number of carbonyl (C=O) groups excluding carboxylic acids is 2. The molecule has 0 aliphatic heterocycles. The summed E-state index contributed by atoms with van der Waals surface area (Å²) in [6.07, 6.45) is 0.136. The molecule has 2 aromatic rings. The zero-order valence-electron chi connectivity index (χ0n) is 16.0. The molecule has 0 bridgehead atoms. The molecule has 0 saturated heterocycles. The number of benzene rings is 2. The molecule has 0 atom stereocenters. The van der Waals surface area contributed by atoms with Gasteiger partial charge in [0.05, 0.1) is 12.6 Å². The number of rotatable bonds is 9. The lowest BCUT2D eigenvalue weighted by Crippen LogP contribution is -2.29. The molecule has 2 amide bonds. The number of hydrogen-bond acceptors (Lipinski definition) is 4. The molecule has 0 aromatic heterocycles. The van der Waals surface area contributed by atoms with Crippen LogP contribution in [-0.2, 0) is 11.3 Å². The maximum atomic E-state index is 12.0. The minimum atomic E-state index is -0.106. The lowest BCUT2D eigenvalue weighted by Gasteiger charge is -2.11. The third kappa shape index (κ3) is 7.01. The molecule has 0 aliphatic rings. The van der Waals surface area contributed by atoms with Crippen LogP contribution in [0.2, 0.25) is 0 Å². The van der Waals surface area contributed by atoms with Crippen LogP contribution in [0.4, 0.5) is 5.69 Å². The van der Waals surface area contributed by atoms with E-state index >= 15 is 0 Å². The van der Waals surface area contributed by atoms with Gasteiger partial charge in [0.2, 0.25) is 5.91 Å². The maximum absolute atomic E-state index is 12.0. The zero-order valence-corrected chi connectivity index (χ0v) is 16.0. The van der Waals surface area contributed by atoms with Gasteiger partial charge in [-0.15, -0.1) is 0 Å². The van der Waals surface area contributed by atoms with Crippen molar-refractivity contribution in [2.75, 3.05) is 18.4 Å². The van der Waals surface area contributed by atoms with Gasteiger partial charge >= 0.3 is 0 Å². The van der Waals surface area contributed by atoms with E-state index in [1.54, 1.807) is 24.3 Å². The lowest BCUT2D eigenvalue weighted by molar-refractivity contribution is -0.119. The molecule has 2 aromatic carbocycles. The third-order valence-electron chi connectivity index (χ3n) is 3.72. The minimum absolute atomic E-state index is 0.105. The van der Waals surface area contributed by atoms with Gasteiger partial charge in [-0.2, -0.15) is 0 Å². The first-order valence-corrected chi connectivity index (χ1v) is 9.12. The van der Waals surface area contributed by atoms with Crippen molar-refractivity contribution in [1.82, 2.24) is 10.6 Å². The highest BCUT2D eigenvalue weighted by atomic mass is 16.5. The standard InChI is InChI=1S/C21H27N3O3/c1-4-22-21(26)17-7-9-18(10-8-17)23-14-20(25)24-13-16-5-11-19(12-6-16)27-15(2)3/h5-12,15,23H,4,13-14H2,1-3H3,(H,22,26)(H,24,25). The van der Waals surface area contributed by atoms with Gasteiger partial charge in [-0.25, -0.2) is 0 Å². The summed E-state index contributed by atoms with van der Waals surface area (Å²) < 4.78 is 5.60. The average Bonchev–Trinajstić information content (AvgIpc) is 2.66. The molecule has 0 unspecified atom stereocenters. The van der Waals surface area contributed by atoms with Gasteiger partial charge in [0.15, 0.2) is 0 Å². The van der Waals surface area contributed by atoms with Gasteiger partial charge in [-0.1, -0.05) is 12.1 Å². The van der Waals surface area contributed by atoms with Crippen LogP contribution in [0.1, 0.15) is 36.7 Å². The Balaban J connectivity index is 1.75. The van der Waals surface area contributed by atoms with Crippen LogP contribution in [0.3, 0.4) is 0 Å². The van der Waals surface area contributed by atoms with Crippen LogP contribution in [0.15, 0.2) is 48.5 Å². The summed E-state index contributed by atoms with van der Waals surface area (Å²) in [7, 11) is 0. The molecule has 0 heterocycles. The number of anilines is 1. The molecule has 0 saturated carbocycles. The number of hydrogen-bond donors (Lipinski definition) is 3. The highest BCUT2D eigenvalue weighted by molar-refractivity contribution is 5.94. The van der Waals surface area contributed by atoms with Crippen molar-refractivity contribution >= 4 is 17.5 Å². The summed E-state index contributed by atoms with van der Waals surface area (Å²) in [5, 5.41) is 8.66. The first-order valence-electron chi connectivity index (χ1n) is 9.12. The van der Waals surface area contributed by atoms with Crippen molar-refractivity contribution < 1.29 is 14.3 Å². The van der Waals surface area contributed by atoms with Gasteiger partial charge in [0.25, 0.3) is 5.91 Å². The number of amides is 2. The van der Waals surface area contributed by atoms with Gasteiger partial charge in [-0.05, 0) is 62.7 Å². The van der Waals surface area contributed by atoms with Crippen molar-refractivity contribution in [2.24, 2.45) is 0 Å². The van der Waals surface area contributed by atoms with E-state index in [0.717, 1.165) is 17.0 Å². The van der Waals surface area contributed by atoms with E-state index in [1.165, 1.54) is 0 Å². The third-order valence-corrected chi connectivity index (χ3v) is 3.72. The van der Waals surface area contributed by atoms with Crippen LogP contribution in [0.5, 0.6) is 5.75 Å². The Bertz CT molecular complexity index is 740. The molecule has 6 heteroatoms. The normalized spacial score (nSPS) is 10.4. The average molecular weight is 369 g/mol. The molecule has 0 spiro atoms. The van der Waals surface area contributed by atoms with Crippen molar-refractivity contribution in [3.8, 4) is 5.75 Å². The first kappa shape index (κ1) is 20.3. The lowest BCUT2D eigenvalue weighted by atomic mass is 10.2. The Morgan fingerprint density at radius 3 is 2.22 bits per heavy atom. The Kier molecular flexibility index (Phi) is 7.67. The van der Waals surface area contributed by atoms with Crippen LogP contribution in [0, 0.1) is 0 Å². The SMILES string of the molecule is CCNC(=O)c1ccc(NCC(=O)NCc2ccc(OC(C)C)cc2)cc1. The molecule has 0 fully saturated rings. The Morgan fingerprint density at radius 1 is 0.963 bits per heavy atom. The summed E-state index contributed by atoms with van der Waals surface area (Å²) in [4.78, 5) is 23.7. The molecular weight excluding hydrogens is 342 g/mol. The van der Waals surface area contributed by atoms with E-state index in [9.17, 15) is 9.59 Å². The second kappa shape index (κ2) is 10.2. The number of carbonyl (C=O) groups is 2. The fourth-order valence-corrected chi connectivity index (χ4v) is 2.41. The van der Waals surface area contributed by atoms with E-state index < -0.39 is 0 Å². The van der Waals surface area contributed by atoms with E-state index in [0.29, 0.717) is 18.7 Å². The van der Waals surface area contributed by atoms with E-state index in [4.69, 9.17) is 4.74 Å². The predicted molar refractivity (Wildman–Crippen MR) is 107 cm³/mol. The quantitative estimate of drug-likeness (QED) is 0.635. The zero-order chi connectivity index (χ0) is 19.6. The first-order chi connectivity index (χ1) is 13.0. The fourth-order valence-electron chi connectivity index (χ4n) is 2.41. The second-order valence-electron chi connectivity index (χ2n) is 6.38. The molecule has 0 radical (unpaired) electrons. The molecule has 0 aliphatic carbocycles. The van der Waals surface area contributed by atoms with Gasteiger partial charge < -0.3 is 20.7 Å². The van der Waals surface area contributed by atoms with Crippen LogP contribution < -0.4 is 20.7 Å². The highest BCUT2D eigenvalue weighted by Gasteiger charge is 2.05.